The van der Waals surface area contributed by atoms with Crippen LogP contribution in [0.1, 0.15) is 137 Å². The van der Waals surface area contributed by atoms with Gasteiger partial charge in [0, 0.05) is 17.8 Å². The zero-order valence-corrected chi connectivity index (χ0v) is 26.8. The molecule has 0 spiro atoms. The second-order valence-electron chi connectivity index (χ2n) is 13.0. The summed E-state index contributed by atoms with van der Waals surface area (Å²) in [6, 6.07) is 16.3. The van der Waals surface area contributed by atoms with E-state index in [4.69, 9.17) is 0 Å². The minimum absolute atomic E-state index is 0.137. The van der Waals surface area contributed by atoms with Crippen LogP contribution in [0, 0.1) is 20.8 Å². The number of benzene rings is 3. The van der Waals surface area contributed by atoms with Crippen LogP contribution in [0.2, 0.25) is 0 Å². The summed E-state index contributed by atoms with van der Waals surface area (Å²) in [5, 5.41) is 8.01. The van der Waals surface area contributed by atoms with Crippen LogP contribution >= 0.6 is 0 Å². The SMILES string of the molecule is CCCCCCN1c2cccc(Nc3c(C(C)C)cc(C(C)C)cc3C(C)C)c2NC1c1c(C)cc(C)cc1C. The first-order chi connectivity index (χ1) is 19.0. The van der Waals surface area contributed by atoms with Crippen LogP contribution in [0.15, 0.2) is 42.5 Å². The molecule has 0 saturated heterocycles. The summed E-state index contributed by atoms with van der Waals surface area (Å²) in [6.45, 7) is 24.0. The molecule has 1 heterocycles. The Morgan fingerprint density at radius 3 is 1.98 bits per heavy atom. The van der Waals surface area contributed by atoms with Gasteiger partial charge in [-0.1, -0.05) is 104 Å². The summed E-state index contributed by atoms with van der Waals surface area (Å²) in [5.74, 6) is 1.38. The van der Waals surface area contributed by atoms with Crippen LogP contribution in [0.25, 0.3) is 0 Å². The molecule has 0 fully saturated rings. The minimum atomic E-state index is 0.137. The van der Waals surface area contributed by atoms with Gasteiger partial charge in [0.1, 0.15) is 6.17 Å². The molecular weight excluding hydrogens is 486 g/mol. The molecule has 0 amide bonds. The lowest BCUT2D eigenvalue weighted by molar-refractivity contribution is 0.618. The molecule has 216 valence electrons. The van der Waals surface area contributed by atoms with Crippen molar-refractivity contribution in [2.45, 2.75) is 119 Å². The standard InChI is InChI=1S/C37H53N3/c1-11-12-13-14-18-40-33-17-15-16-32(36(33)39-37(40)34-27(9)19-26(8)20-28(34)10)38-35-30(24(4)5)21-29(23(2)3)22-31(35)25(6)7/h15-17,19-25,37-39H,11-14,18H2,1-10H3. The van der Waals surface area contributed by atoms with E-state index < -0.39 is 0 Å². The van der Waals surface area contributed by atoms with Crippen molar-refractivity contribution in [2.24, 2.45) is 0 Å². The Morgan fingerprint density at radius 2 is 1.43 bits per heavy atom. The molecule has 0 bridgehead atoms. The number of hydrogen-bond donors (Lipinski definition) is 2. The van der Waals surface area contributed by atoms with Gasteiger partial charge in [-0.05, 0) is 84.9 Å². The number of aryl methyl sites for hydroxylation is 3. The van der Waals surface area contributed by atoms with Gasteiger partial charge in [-0.15, -0.1) is 0 Å². The van der Waals surface area contributed by atoms with Gasteiger partial charge in [-0.2, -0.15) is 0 Å². The summed E-state index contributed by atoms with van der Waals surface area (Å²) in [6.07, 6.45) is 5.17. The summed E-state index contributed by atoms with van der Waals surface area (Å²) in [7, 11) is 0. The van der Waals surface area contributed by atoms with E-state index >= 15 is 0 Å². The lowest BCUT2D eigenvalue weighted by atomic mass is 9.87. The van der Waals surface area contributed by atoms with Crippen LogP contribution in [-0.2, 0) is 0 Å². The molecule has 0 radical (unpaired) electrons. The fraction of sp³-hybridized carbons (Fsp3) is 0.514. The third-order valence-corrected chi connectivity index (χ3v) is 8.60. The van der Waals surface area contributed by atoms with E-state index in [0.29, 0.717) is 17.8 Å². The number of nitrogens with zero attached hydrogens (tertiary/aromatic N) is 1. The van der Waals surface area contributed by atoms with Crippen molar-refractivity contribution < 1.29 is 0 Å². The van der Waals surface area contributed by atoms with Crippen molar-refractivity contribution in [3.63, 3.8) is 0 Å². The van der Waals surface area contributed by atoms with E-state index in [0.717, 1.165) is 6.54 Å². The summed E-state index contributed by atoms with van der Waals surface area (Å²) in [4.78, 5) is 2.62. The van der Waals surface area contributed by atoms with E-state index in [9.17, 15) is 0 Å². The Morgan fingerprint density at radius 1 is 0.800 bits per heavy atom. The highest BCUT2D eigenvalue weighted by atomic mass is 15.3. The quantitative estimate of drug-likeness (QED) is 0.237. The molecule has 0 aliphatic carbocycles. The molecule has 0 aromatic heterocycles. The first kappa shape index (κ1) is 30.0. The fourth-order valence-electron chi connectivity index (χ4n) is 6.43. The Hall–Kier alpha value is -2.94. The highest BCUT2D eigenvalue weighted by Crippen LogP contribution is 2.48. The molecule has 1 unspecified atom stereocenters. The van der Waals surface area contributed by atoms with E-state index in [1.807, 2.05) is 0 Å². The lowest BCUT2D eigenvalue weighted by Crippen LogP contribution is -2.30. The van der Waals surface area contributed by atoms with Gasteiger partial charge < -0.3 is 15.5 Å². The molecule has 3 aromatic carbocycles. The largest absolute Gasteiger partial charge is 0.358 e. The molecule has 3 aromatic rings. The maximum Gasteiger partial charge on any atom is 0.126 e. The summed E-state index contributed by atoms with van der Waals surface area (Å²) in [5.41, 5.74) is 14.7. The summed E-state index contributed by atoms with van der Waals surface area (Å²) >= 11 is 0. The second-order valence-corrected chi connectivity index (χ2v) is 13.0. The van der Waals surface area contributed by atoms with Crippen molar-refractivity contribution in [3.8, 4) is 0 Å². The molecule has 0 saturated carbocycles. The Bertz CT molecular complexity index is 1260. The van der Waals surface area contributed by atoms with Gasteiger partial charge in [0.25, 0.3) is 0 Å². The van der Waals surface area contributed by atoms with Gasteiger partial charge in [0.2, 0.25) is 0 Å². The maximum absolute atomic E-state index is 4.02. The van der Waals surface area contributed by atoms with E-state index in [1.165, 1.54) is 87.4 Å². The number of para-hydroxylation sites is 1. The fourth-order valence-corrected chi connectivity index (χ4v) is 6.43. The molecule has 1 aliphatic rings. The molecule has 3 heteroatoms. The zero-order valence-electron chi connectivity index (χ0n) is 26.8. The second kappa shape index (κ2) is 12.7. The zero-order chi connectivity index (χ0) is 29.1. The smallest absolute Gasteiger partial charge is 0.126 e. The van der Waals surface area contributed by atoms with Crippen LogP contribution in [-0.4, -0.2) is 6.54 Å². The topological polar surface area (TPSA) is 27.3 Å². The molecule has 4 rings (SSSR count). The van der Waals surface area contributed by atoms with Gasteiger partial charge in [0.15, 0.2) is 0 Å². The lowest BCUT2D eigenvalue weighted by Gasteiger charge is -2.30. The maximum atomic E-state index is 4.02. The van der Waals surface area contributed by atoms with Crippen LogP contribution in [0.3, 0.4) is 0 Å². The summed E-state index contributed by atoms with van der Waals surface area (Å²) < 4.78 is 0. The predicted molar refractivity (Wildman–Crippen MR) is 177 cm³/mol. The average molecular weight is 540 g/mol. The number of hydrogen-bond acceptors (Lipinski definition) is 3. The van der Waals surface area contributed by atoms with Crippen molar-refractivity contribution >= 4 is 22.7 Å². The van der Waals surface area contributed by atoms with E-state index in [2.05, 4.69) is 127 Å². The average Bonchev–Trinajstić information content (AvgIpc) is 3.24. The van der Waals surface area contributed by atoms with Crippen molar-refractivity contribution in [1.82, 2.24) is 0 Å². The van der Waals surface area contributed by atoms with Gasteiger partial charge in [0.05, 0.1) is 17.1 Å². The molecule has 2 N–H and O–H groups in total. The van der Waals surface area contributed by atoms with E-state index in [1.54, 1.807) is 0 Å². The van der Waals surface area contributed by atoms with Crippen LogP contribution in [0.5, 0.6) is 0 Å². The van der Waals surface area contributed by atoms with Crippen molar-refractivity contribution in [2.75, 3.05) is 22.1 Å². The minimum Gasteiger partial charge on any atom is -0.358 e. The first-order valence-electron chi connectivity index (χ1n) is 15.7. The molecular formula is C37H53N3. The Kier molecular flexibility index (Phi) is 9.54. The van der Waals surface area contributed by atoms with Crippen molar-refractivity contribution in [3.05, 3.63) is 81.4 Å². The normalized spacial score (nSPS) is 14.8. The number of unbranched alkanes of at least 4 members (excludes halogenated alkanes) is 3. The molecule has 1 atom stereocenters. The van der Waals surface area contributed by atoms with Crippen LogP contribution < -0.4 is 15.5 Å². The first-order valence-corrected chi connectivity index (χ1v) is 15.7. The Balaban J connectivity index is 1.81. The number of fused-ring (bicyclic) bond motifs is 1. The molecule has 40 heavy (non-hydrogen) atoms. The van der Waals surface area contributed by atoms with Crippen LogP contribution in [0.4, 0.5) is 22.7 Å². The number of anilines is 4. The number of rotatable bonds is 11. The third-order valence-electron chi connectivity index (χ3n) is 8.60. The van der Waals surface area contributed by atoms with Crippen molar-refractivity contribution in [1.29, 1.82) is 0 Å². The Labute approximate surface area is 244 Å². The van der Waals surface area contributed by atoms with Gasteiger partial charge in [-0.25, -0.2) is 0 Å². The van der Waals surface area contributed by atoms with Gasteiger partial charge in [-0.3, -0.25) is 0 Å². The van der Waals surface area contributed by atoms with E-state index in [-0.39, 0.29) is 6.17 Å². The molecule has 3 nitrogen and oxygen atoms in total. The van der Waals surface area contributed by atoms with Gasteiger partial charge >= 0.3 is 0 Å². The highest BCUT2D eigenvalue weighted by molar-refractivity contribution is 5.90. The number of nitrogens with one attached hydrogen (secondary N) is 2. The monoisotopic (exact) mass is 539 g/mol. The predicted octanol–water partition coefficient (Wildman–Crippen LogP) is 11.2. The molecule has 1 aliphatic heterocycles. The highest BCUT2D eigenvalue weighted by Gasteiger charge is 2.33. The third kappa shape index (κ3) is 6.19.